The first-order chi connectivity index (χ1) is 42.9. The maximum atomic E-state index is 14.5. The highest BCUT2D eigenvalue weighted by Gasteiger charge is 2.43. The van der Waals surface area contributed by atoms with Crippen molar-refractivity contribution in [1.29, 1.82) is 0 Å². The number of urea groups is 1. The summed E-state index contributed by atoms with van der Waals surface area (Å²) in [5.74, 6) is 1.21. The van der Waals surface area contributed by atoms with E-state index in [0.29, 0.717) is 35.3 Å². The van der Waals surface area contributed by atoms with E-state index in [2.05, 4.69) is 38.4 Å². The molecule has 0 saturated carbocycles. The van der Waals surface area contributed by atoms with Gasteiger partial charge in [-0.2, -0.15) is 0 Å². The standard InChI is InChI=1S/C71H91N9O11/c1-43(2)57(37-45(5)68(88)89)79(13)67(87)64(70(6,7)8)77-66(86)63(73-11)71(9,10)54-41-78(12)56-32-26-46(38-53(54)56)27-35-61(84)91-42-47-24-30-52(31-25-47)75-65(85)50(22-18-36-74-69(72)90)39-58(81)62(44(3)4)76-59(82)33-34-60(83)80-40-51-21-15-14-19-48(51)28-29-49-20-16-17-23-55(49)80/h14-17,19-21,23-26,30-32,37-38,41,43-44,50,57,62-64,73H,18,22,27,33-36,39-40,42H2,1-13H3,(H,75,85)(H,76,82)(H,77,86)(H,88,89)(H3,72,74,90)/b45-37+/t50-,57-,62+,63?,64-/m1/s1. The first kappa shape index (κ1) is 71.0. The van der Waals surface area contributed by atoms with Crippen LogP contribution in [0.2, 0.25) is 0 Å². The van der Waals surface area contributed by atoms with Crippen LogP contribution in [0.4, 0.5) is 16.2 Å². The van der Waals surface area contributed by atoms with Crippen molar-refractivity contribution in [2.24, 2.45) is 36.0 Å². The number of primary amides is 1. The van der Waals surface area contributed by atoms with E-state index in [9.17, 15) is 48.3 Å². The van der Waals surface area contributed by atoms with Gasteiger partial charge in [-0.1, -0.05) is 129 Å². The summed E-state index contributed by atoms with van der Waals surface area (Å²) < 4.78 is 7.68. The van der Waals surface area contributed by atoms with Crippen LogP contribution in [0.5, 0.6) is 0 Å². The van der Waals surface area contributed by atoms with Gasteiger partial charge in [-0.15, -0.1) is 0 Å². The van der Waals surface area contributed by atoms with Gasteiger partial charge in [-0.05, 0) is 115 Å². The molecular formula is C71H91N9O11. The molecule has 0 radical (unpaired) electrons. The molecule has 1 aliphatic heterocycles. The fourth-order valence-corrected chi connectivity index (χ4v) is 11.5. The van der Waals surface area contributed by atoms with Gasteiger partial charge >= 0.3 is 18.0 Å². The summed E-state index contributed by atoms with van der Waals surface area (Å²) in [6.07, 6.45) is 3.99. The highest BCUT2D eigenvalue weighted by atomic mass is 16.5. The van der Waals surface area contributed by atoms with Gasteiger partial charge in [-0.3, -0.25) is 33.6 Å². The summed E-state index contributed by atoms with van der Waals surface area (Å²) in [6, 6.07) is 23.7. The molecule has 2 heterocycles. The molecular weight excluding hydrogens is 1150 g/mol. The number of carboxylic acids is 1. The third kappa shape index (κ3) is 19.0. The molecule has 1 aromatic heterocycles. The number of esters is 1. The minimum absolute atomic E-state index is 0.0370. The number of hydrogen-bond acceptors (Lipinski definition) is 11. The van der Waals surface area contributed by atoms with Gasteiger partial charge < -0.3 is 56.5 Å². The molecule has 5 atom stereocenters. The largest absolute Gasteiger partial charge is 0.478 e. The van der Waals surface area contributed by atoms with Crippen LogP contribution >= 0.6 is 0 Å². The molecule has 5 aromatic rings. The van der Waals surface area contributed by atoms with E-state index in [1.165, 1.54) is 11.8 Å². The fraction of sp³-hybridized carbons (Fsp3) is 0.451. The molecule has 20 heteroatoms. The second kappa shape index (κ2) is 31.6. The molecule has 0 fully saturated rings. The smallest absolute Gasteiger partial charge is 0.331 e. The summed E-state index contributed by atoms with van der Waals surface area (Å²) in [6.45, 7) is 18.8. The first-order valence-corrected chi connectivity index (χ1v) is 31.1. The molecule has 486 valence electrons. The molecule has 7 amide bonds. The summed E-state index contributed by atoms with van der Waals surface area (Å²) >= 11 is 0. The van der Waals surface area contributed by atoms with E-state index >= 15 is 0 Å². The number of para-hydroxylation sites is 1. The van der Waals surface area contributed by atoms with Crippen LogP contribution in [0, 0.1) is 35.0 Å². The molecule has 0 bridgehead atoms. The number of carbonyl (C=O) groups excluding carboxylic acids is 8. The first-order valence-electron chi connectivity index (χ1n) is 31.1. The van der Waals surface area contributed by atoms with Crippen LogP contribution in [-0.2, 0) is 75.1 Å². The number of likely N-dealkylation sites (N-methyl/N-ethyl adjacent to an activating group) is 2. The van der Waals surface area contributed by atoms with E-state index in [1.54, 1.807) is 63.2 Å². The summed E-state index contributed by atoms with van der Waals surface area (Å²) in [4.78, 5) is 124. The van der Waals surface area contributed by atoms with E-state index in [-0.39, 0.29) is 92.7 Å². The van der Waals surface area contributed by atoms with Crippen molar-refractivity contribution in [1.82, 2.24) is 30.7 Å². The number of ether oxygens (including phenoxy) is 1. The Balaban J connectivity index is 1.05. The average molecular weight is 1250 g/mol. The SMILES string of the molecule is CNC(C(=O)N[C@H](C(=O)N(C)[C@H](/C=C(\C)C(=O)O)C(C)C)C(C)(C)C)C(C)(C)c1cn(C)c2ccc(CCC(=O)OCc3ccc(NC(=O)[C@H](CCCNC(N)=O)CC(=O)[C@@H](NC(=O)CCC(=O)N4Cc5ccccc5C#Cc5ccccc54)C(C)C)cc3)cc12. The van der Waals surface area contributed by atoms with Gasteiger partial charge in [0.15, 0.2) is 5.78 Å². The van der Waals surface area contributed by atoms with Crippen molar-refractivity contribution in [3.63, 3.8) is 0 Å². The zero-order chi connectivity index (χ0) is 67.1. The van der Waals surface area contributed by atoms with Gasteiger partial charge in [0.1, 0.15) is 12.6 Å². The van der Waals surface area contributed by atoms with Crippen LogP contribution in [0.15, 0.2) is 109 Å². The molecule has 91 heavy (non-hydrogen) atoms. The van der Waals surface area contributed by atoms with E-state index in [1.807, 2.05) is 133 Å². The molecule has 0 spiro atoms. The minimum Gasteiger partial charge on any atom is -0.478 e. The Morgan fingerprint density at radius 1 is 0.791 bits per heavy atom. The Bertz CT molecular complexity index is 3580. The van der Waals surface area contributed by atoms with Crippen molar-refractivity contribution in [2.75, 3.05) is 30.9 Å². The second-order valence-electron chi connectivity index (χ2n) is 25.9. The Kier molecular flexibility index (Phi) is 24.6. The highest BCUT2D eigenvalue weighted by molar-refractivity contribution is 6.00. The van der Waals surface area contributed by atoms with Crippen LogP contribution in [0.1, 0.15) is 141 Å². The topological polar surface area (TPSA) is 281 Å². The number of anilines is 2. The lowest BCUT2D eigenvalue weighted by Gasteiger charge is -2.39. The maximum absolute atomic E-state index is 14.5. The number of fused-ring (bicyclic) bond motifs is 3. The van der Waals surface area contributed by atoms with Crippen molar-refractivity contribution in [3.05, 3.63) is 142 Å². The lowest BCUT2D eigenvalue weighted by molar-refractivity contribution is -0.145. The monoisotopic (exact) mass is 1250 g/mol. The molecule has 20 nitrogen and oxygen atoms in total. The van der Waals surface area contributed by atoms with E-state index < -0.39 is 70.7 Å². The van der Waals surface area contributed by atoms with Gasteiger partial charge in [0, 0.05) is 97.1 Å². The number of benzene rings is 4. The summed E-state index contributed by atoms with van der Waals surface area (Å²) in [7, 11) is 5.25. The fourth-order valence-electron chi connectivity index (χ4n) is 11.5. The number of amides is 7. The number of carboxylic acid groups (broad SMARTS) is 1. The Morgan fingerprint density at radius 3 is 2.08 bits per heavy atom. The second-order valence-corrected chi connectivity index (χ2v) is 25.9. The Labute approximate surface area is 534 Å². The number of rotatable bonds is 29. The summed E-state index contributed by atoms with van der Waals surface area (Å²) in [5, 5.41) is 25.0. The number of nitrogens with zero attached hydrogens (tertiary/aromatic N) is 3. The predicted molar refractivity (Wildman–Crippen MR) is 352 cm³/mol. The molecule has 1 unspecified atom stereocenters. The Hall–Kier alpha value is -9.09. The normalized spacial score (nSPS) is 14.0. The molecule has 1 aliphatic rings. The van der Waals surface area contributed by atoms with Crippen LogP contribution in [0.25, 0.3) is 10.9 Å². The predicted octanol–water partition coefficient (Wildman–Crippen LogP) is 8.59. The number of ketones is 1. The highest BCUT2D eigenvalue weighted by Crippen LogP contribution is 2.36. The van der Waals surface area contributed by atoms with Crippen molar-refractivity contribution < 1.29 is 53.0 Å². The zero-order valence-electron chi connectivity index (χ0n) is 54.9. The van der Waals surface area contributed by atoms with Crippen LogP contribution in [0.3, 0.4) is 0 Å². The molecule has 0 saturated heterocycles. The third-order valence-corrected chi connectivity index (χ3v) is 16.8. The van der Waals surface area contributed by atoms with E-state index in [0.717, 1.165) is 33.2 Å². The van der Waals surface area contributed by atoms with E-state index in [4.69, 9.17) is 10.5 Å². The minimum atomic E-state index is -1.08. The number of nitrogens with two attached hydrogens (primary N) is 1. The quantitative estimate of drug-likeness (QED) is 0.0103. The summed E-state index contributed by atoms with van der Waals surface area (Å²) in [5.41, 5.74) is 10.6. The van der Waals surface area contributed by atoms with Gasteiger partial charge in [0.25, 0.3) is 0 Å². The van der Waals surface area contributed by atoms with Gasteiger partial charge in [0.05, 0.1) is 30.4 Å². The molecule has 4 aromatic carbocycles. The number of nitrogens with one attached hydrogen (secondary N) is 5. The lowest BCUT2D eigenvalue weighted by Crippen LogP contribution is -2.61. The number of aliphatic carboxylic acids is 1. The third-order valence-electron chi connectivity index (χ3n) is 16.8. The van der Waals surface area contributed by atoms with Crippen LogP contribution < -0.4 is 37.2 Å². The molecule has 8 N–H and O–H groups in total. The number of aromatic nitrogens is 1. The number of carbonyl (C=O) groups is 9. The van der Waals surface area contributed by atoms with Crippen molar-refractivity contribution >= 4 is 75.6 Å². The van der Waals surface area contributed by atoms with Crippen LogP contribution in [-0.4, -0.2) is 113 Å². The average Bonchev–Trinajstić information content (AvgIpc) is 1.66. The Morgan fingerprint density at radius 2 is 1.44 bits per heavy atom. The number of hydrogen-bond donors (Lipinski definition) is 7. The molecule has 0 aliphatic carbocycles. The maximum Gasteiger partial charge on any atom is 0.331 e. The van der Waals surface area contributed by atoms with Crippen molar-refractivity contribution in [3.8, 4) is 11.8 Å². The van der Waals surface area contributed by atoms with Crippen molar-refractivity contribution in [2.45, 2.75) is 157 Å². The van der Waals surface area contributed by atoms with Gasteiger partial charge in [-0.25, -0.2) is 9.59 Å². The zero-order valence-corrected chi connectivity index (χ0v) is 54.9. The lowest BCUT2D eigenvalue weighted by atomic mass is 9.76. The number of aryl methyl sites for hydroxylation is 2. The number of Topliss-reactive ketones (excluding diaryl/α,β-unsaturated/α-hetero) is 1. The van der Waals surface area contributed by atoms with Gasteiger partial charge in [0.2, 0.25) is 29.5 Å². The molecule has 6 rings (SSSR count).